The Morgan fingerprint density at radius 2 is 1.91 bits per heavy atom. The first-order chi connectivity index (χ1) is 15.9. The zero-order valence-electron chi connectivity index (χ0n) is 18.4. The van der Waals surface area contributed by atoms with Gasteiger partial charge >= 0.3 is 6.03 Å². The summed E-state index contributed by atoms with van der Waals surface area (Å²) in [6.45, 7) is 0.609. The van der Waals surface area contributed by atoms with Gasteiger partial charge in [0.25, 0.3) is 11.6 Å². The molecule has 0 saturated heterocycles. The van der Waals surface area contributed by atoms with Crippen LogP contribution < -0.4 is 20.1 Å². The number of carbonyl (C=O) groups is 2. The topological polar surface area (TPSA) is 136 Å². The van der Waals surface area contributed by atoms with E-state index < -0.39 is 10.8 Å². The zero-order chi connectivity index (χ0) is 23.5. The first-order valence-electron chi connectivity index (χ1n) is 10.7. The number of ether oxygens (including phenoxy) is 2. The summed E-state index contributed by atoms with van der Waals surface area (Å²) in [5, 5.41) is 17.8. The Hall–Kier alpha value is -3.41. The Morgan fingerprint density at radius 3 is 2.58 bits per heavy atom. The number of thiazole rings is 1. The first kappa shape index (κ1) is 22.8. The number of nitrogens with one attached hydrogen (secondary N) is 2. The van der Waals surface area contributed by atoms with Crippen molar-refractivity contribution in [1.29, 1.82) is 0 Å². The number of nitrogens with zero attached hydrogens (tertiary/aromatic N) is 3. The molecule has 1 saturated carbocycles. The van der Waals surface area contributed by atoms with Gasteiger partial charge in [0.05, 0.1) is 37.4 Å². The molecule has 11 nitrogen and oxygen atoms in total. The monoisotopic (exact) mass is 475 g/mol. The van der Waals surface area contributed by atoms with Crippen molar-refractivity contribution in [2.75, 3.05) is 26.1 Å². The molecule has 1 aliphatic carbocycles. The van der Waals surface area contributed by atoms with Crippen LogP contribution in [0.25, 0.3) is 0 Å². The minimum Gasteiger partial charge on any atom is -0.493 e. The number of hydrogen-bond donors (Lipinski definition) is 2. The molecule has 2 N–H and O–H groups in total. The quantitative estimate of drug-likeness (QED) is 0.483. The lowest BCUT2D eigenvalue weighted by atomic mass is 10.1. The Balaban J connectivity index is 1.49. The fourth-order valence-electron chi connectivity index (χ4n) is 4.17. The molecule has 0 bridgehead atoms. The van der Waals surface area contributed by atoms with Crippen LogP contribution in [-0.2, 0) is 13.0 Å². The number of benzene rings is 1. The number of hydrogen-bond acceptors (Lipinski definition) is 8. The van der Waals surface area contributed by atoms with Crippen LogP contribution in [0.3, 0.4) is 0 Å². The van der Waals surface area contributed by atoms with Crippen molar-refractivity contribution in [3.63, 3.8) is 0 Å². The van der Waals surface area contributed by atoms with Crippen LogP contribution in [0.15, 0.2) is 12.1 Å². The highest BCUT2D eigenvalue weighted by Gasteiger charge is 2.31. The van der Waals surface area contributed by atoms with Crippen LogP contribution >= 0.6 is 11.3 Å². The van der Waals surface area contributed by atoms with E-state index in [1.54, 1.807) is 0 Å². The van der Waals surface area contributed by atoms with E-state index in [4.69, 9.17) is 9.47 Å². The molecule has 0 unspecified atom stereocenters. The molecule has 2 heterocycles. The highest BCUT2D eigenvalue weighted by atomic mass is 32.1. The van der Waals surface area contributed by atoms with E-state index in [2.05, 4.69) is 15.6 Å². The van der Waals surface area contributed by atoms with E-state index in [1.165, 1.54) is 42.6 Å². The molecular weight excluding hydrogens is 450 g/mol. The van der Waals surface area contributed by atoms with Crippen LogP contribution in [0, 0.1) is 10.1 Å². The molecule has 33 heavy (non-hydrogen) atoms. The van der Waals surface area contributed by atoms with Gasteiger partial charge in [-0.15, -0.1) is 0 Å². The molecule has 0 radical (unpaired) electrons. The number of carbonyl (C=O) groups excluding carboxylic acids is 2. The number of methoxy groups -OCH3 is 2. The average Bonchev–Trinajstić information content (AvgIpc) is 3.45. The largest absolute Gasteiger partial charge is 0.493 e. The summed E-state index contributed by atoms with van der Waals surface area (Å²) in [5.41, 5.74) is 0.403. The summed E-state index contributed by atoms with van der Waals surface area (Å²) in [6.07, 6.45) is 4.71. The van der Waals surface area contributed by atoms with Gasteiger partial charge in [0.1, 0.15) is 5.56 Å². The minimum absolute atomic E-state index is 0.0695. The minimum atomic E-state index is -0.609. The Bertz CT molecular complexity index is 1080. The highest BCUT2D eigenvalue weighted by molar-refractivity contribution is 7.15. The number of amides is 3. The molecule has 2 aromatic rings. The number of nitro groups is 1. The lowest BCUT2D eigenvalue weighted by Gasteiger charge is -2.26. The molecule has 4 rings (SSSR count). The number of anilines is 1. The second-order valence-electron chi connectivity index (χ2n) is 7.93. The second kappa shape index (κ2) is 9.61. The maximum atomic E-state index is 13.2. The van der Waals surface area contributed by atoms with Crippen LogP contribution in [-0.4, -0.2) is 53.6 Å². The van der Waals surface area contributed by atoms with Gasteiger partial charge in [0, 0.05) is 30.0 Å². The number of nitro benzene ring substituents is 1. The van der Waals surface area contributed by atoms with E-state index in [-0.39, 0.29) is 41.4 Å². The maximum absolute atomic E-state index is 13.2. The summed E-state index contributed by atoms with van der Waals surface area (Å²) in [7, 11) is 2.78. The highest BCUT2D eigenvalue weighted by Crippen LogP contribution is 2.36. The average molecular weight is 476 g/mol. The second-order valence-corrected chi connectivity index (χ2v) is 9.01. The fourth-order valence-corrected chi connectivity index (χ4v) is 5.19. The van der Waals surface area contributed by atoms with Crippen molar-refractivity contribution in [1.82, 2.24) is 15.2 Å². The number of urea groups is 1. The summed E-state index contributed by atoms with van der Waals surface area (Å²) in [5.74, 6) is -0.0624. The predicted molar refractivity (Wildman–Crippen MR) is 121 cm³/mol. The third kappa shape index (κ3) is 4.85. The first-order valence-corrected chi connectivity index (χ1v) is 11.5. The smallest absolute Gasteiger partial charge is 0.321 e. The van der Waals surface area contributed by atoms with Gasteiger partial charge < -0.3 is 19.7 Å². The molecule has 0 atom stereocenters. The molecule has 0 spiro atoms. The number of fused-ring (bicyclic) bond motifs is 1. The van der Waals surface area contributed by atoms with Crippen molar-refractivity contribution < 1.29 is 24.0 Å². The predicted octanol–water partition coefficient (Wildman–Crippen LogP) is 3.33. The van der Waals surface area contributed by atoms with Crippen molar-refractivity contribution in [3.05, 3.63) is 38.4 Å². The van der Waals surface area contributed by atoms with Gasteiger partial charge in [-0.2, -0.15) is 0 Å². The standard InChI is InChI=1S/C21H25N5O6S/c1-31-16-9-13(15(26(29)30)10-17(16)32-2)19(27)25-8-7-14-18(11-25)33-21(23-14)24-20(28)22-12-5-3-4-6-12/h9-10,12H,3-8,11H2,1-2H3,(H2,22,23,24,28). The molecule has 1 aromatic heterocycles. The third-order valence-corrected chi connectivity index (χ3v) is 6.86. The van der Waals surface area contributed by atoms with Crippen molar-refractivity contribution >= 4 is 34.1 Å². The summed E-state index contributed by atoms with van der Waals surface area (Å²) < 4.78 is 10.3. The third-order valence-electron chi connectivity index (χ3n) is 5.86. The van der Waals surface area contributed by atoms with E-state index in [0.717, 1.165) is 36.3 Å². The van der Waals surface area contributed by atoms with E-state index in [0.29, 0.717) is 18.1 Å². The van der Waals surface area contributed by atoms with Crippen molar-refractivity contribution in [2.45, 2.75) is 44.7 Å². The van der Waals surface area contributed by atoms with Gasteiger partial charge in [0.2, 0.25) is 0 Å². The maximum Gasteiger partial charge on any atom is 0.321 e. The lowest BCUT2D eigenvalue weighted by Crippen LogP contribution is -2.36. The Labute approximate surface area is 194 Å². The van der Waals surface area contributed by atoms with E-state index in [1.807, 2.05) is 0 Å². The summed E-state index contributed by atoms with van der Waals surface area (Å²) in [6, 6.07) is 2.45. The van der Waals surface area contributed by atoms with E-state index in [9.17, 15) is 19.7 Å². The molecule has 176 valence electrons. The molecule has 1 fully saturated rings. The zero-order valence-corrected chi connectivity index (χ0v) is 19.2. The van der Waals surface area contributed by atoms with Crippen molar-refractivity contribution in [2.24, 2.45) is 0 Å². The van der Waals surface area contributed by atoms with Crippen molar-refractivity contribution in [3.8, 4) is 11.5 Å². The molecule has 1 aliphatic heterocycles. The van der Waals surface area contributed by atoms with Gasteiger partial charge in [-0.05, 0) is 12.8 Å². The number of aromatic nitrogens is 1. The van der Waals surface area contributed by atoms with Gasteiger partial charge in [-0.25, -0.2) is 9.78 Å². The molecule has 2 aliphatic rings. The SMILES string of the molecule is COc1cc(C(=O)N2CCc3nc(NC(=O)NC4CCCC4)sc3C2)c([N+](=O)[O-])cc1OC. The van der Waals surface area contributed by atoms with E-state index >= 15 is 0 Å². The molecular formula is C21H25N5O6S. The summed E-state index contributed by atoms with van der Waals surface area (Å²) >= 11 is 1.31. The van der Waals surface area contributed by atoms with Crippen LogP contribution in [0.4, 0.5) is 15.6 Å². The van der Waals surface area contributed by atoms with Gasteiger partial charge in [0.15, 0.2) is 16.6 Å². The molecule has 12 heteroatoms. The molecule has 1 aromatic carbocycles. The van der Waals surface area contributed by atoms with Gasteiger partial charge in [-0.1, -0.05) is 24.2 Å². The Morgan fingerprint density at radius 1 is 1.21 bits per heavy atom. The van der Waals surface area contributed by atoms with Crippen LogP contribution in [0.1, 0.15) is 46.6 Å². The fraction of sp³-hybridized carbons (Fsp3) is 0.476. The normalized spacial score (nSPS) is 15.6. The summed E-state index contributed by atoms with van der Waals surface area (Å²) in [4.78, 5) is 43.3. The Kier molecular flexibility index (Phi) is 6.63. The van der Waals surface area contributed by atoms with Crippen LogP contribution in [0.5, 0.6) is 11.5 Å². The molecule has 3 amide bonds. The lowest BCUT2D eigenvalue weighted by molar-refractivity contribution is -0.385. The van der Waals surface area contributed by atoms with Gasteiger partial charge in [-0.3, -0.25) is 20.2 Å². The van der Waals surface area contributed by atoms with Crippen LogP contribution in [0.2, 0.25) is 0 Å². The number of rotatable bonds is 6.